The first-order chi connectivity index (χ1) is 12.0. The number of fused-ring (bicyclic) bond motifs is 4. The molecule has 2 N–H and O–H groups in total. The Morgan fingerprint density at radius 3 is 2.28 bits per heavy atom. The molecule has 4 rings (SSSR count). The van der Waals surface area contributed by atoms with Crippen LogP contribution in [0, 0.1) is 0 Å². The van der Waals surface area contributed by atoms with Gasteiger partial charge in [0.05, 0.1) is 0 Å². The molecule has 0 unspecified atom stereocenters. The van der Waals surface area contributed by atoms with Crippen molar-refractivity contribution in [2.45, 2.75) is 26.2 Å². The Bertz CT molecular complexity index is 1150. The van der Waals surface area contributed by atoms with Crippen LogP contribution in [0.2, 0.25) is 0 Å². The van der Waals surface area contributed by atoms with E-state index < -0.39 is 0 Å². The van der Waals surface area contributed by atoms with Gasteiger partial charge < -0.3 is 5.73 Å². The molecule has 3 aromatic carbocycles. The van der Waals surface area contributed by atoms with Crippen molar-refractivity contribution in [2.75, 3.05) is 5.73 Å². The van der Waals surface area contributed by atoms with Crippen molar-refractivity contribution < 1.29 is 0 Å². The van der Waals surface area contributed by atoms with Gasteiger partial charge in [-0.05, 0) is 86.8 Å². The van der Waals surface area contributed by atoms with Crippen LogP contribution in [0.3, 0.4) is 0 Å². The molecule has 0 atom stereocenters. The third kappa shape index (κ3) is 2.23. The normalized spacial score (nSPS) is 16.1. The number of hydrogen-bond acceptors (Lipinski definition) is 1. The third-order valence-electron chi connectivity index (χ3n) is 5.47. The molecule has 25 heavy (non-hydrogen) atoms. The van der Waals surface area contributed by atoms with E-state index in [0.717, 1.165) is 5.69 Å². The van der Waals surface area contributed by atoms with E-state index in [4.69, 9.17) is 5.73 Å². The van der Waals surface area contributed by atoms with E-state index in [1.54, 1.807) is 0 Å². The van der Waals surface area contributed by atoms with Gasteiger partial charge in [-0.1, -0.05) is 44.7 Å². The van der Waals surface area contributed by atoms with E-state index in [0.29, 0.717) is 0 Å². The summed E-state index contributed by atoms with van der Waals surface area (Å²) in [5.41, 5.74) is 12.2. The Morgan fingerprint density at radius 1 is 0.880 bits per heavy atom. The molecule has 0 aromatic heterocycles. The van der Waals surface area contributed by atoms with Gasteiger partial charge >= 0.3 is 0 Å². The number of allylic oxidation sites excluding steroid dienone is 1. The van der Waals surface area contributed by atoms with Crippen molar-refractivity contribution in [3.05, 3.63) is 76.7 Å². The monoisotopic (exact) mass is 325 g/mol. The first kappa shape index (κ1) is 15.7. The van der Waals surface area contributed by atoms with Crippen LogP contribution in [-0.4, -0.2) is 0 Å². The maximum atomic E-state index is 6.06. The molecule has 0 bridgehead atoms. The Hall–Kier alpha value is -2.80. The second-order valence-corrected chi connectivity index (χ2v) is 7.35. The van der Waals surface area contributed by atoms with Crippen LogP contribution < -0.4 is 16.2 Å². The Kier molecular flexibility index (Phi) is 3.36. The smallest absolute Gasteiger partial charge is 0.0317 e. The van der Waals surface area contributed by atoms with Gasteiger partial charge in [0.1, 0.15) is 0 Å². The molecule has 0 amide bonds. The highest BCUT2D eigenvalue weighted by Crippen LogP contribution is 2.50. The molecule has 0 saturated carbocycles. The SMILES string of the molecule is C=C/C=c1/cc2cc3c(cc2c/c1=C/C)-c1ccc(N)cc1C3(C)C. The number of nitrogens with two attached hydrogens (primary N) is 1. The molecular weight excluding hydrogens is 302 g/mol. The molecular formula is C24H23N. The van der Waals surface area contributed by atoms with Crippen LogP contribution in [0.15, 0.2) is 55.1 Å². The summed E-state index contributed by atoms with van der Waals surface area (Å²) in [5.74, 6) is 0. The van der Waals surface area contributed by atoms with Crippen molar-refractivity contribution in [2.24, 2.45) is 0 Å². The molecule has 0 fully saturated rings. The minimum atomic E-state index is -0.0356. The molecule has 1 heteroatoms. The van der Waals surface area contributed by atoms with Crippen molar-refractivity contribution in [1.82, 2.24) is 0 Å². The molecule has 124 valence electrons. The zero-order chi connectivity index (χ0) is 17.8. The summed E-state index contributed by atoms with van der Waals surface area (Å²) in [6.45, 7) is 10.5. The molecule has 0 radical (unpaired) electrons. The van der Waals surface area contributed by atoms with Crippen LogP contribution >= 0.6 is 0 Å². The van der Waals surface area contributed by atoms with E-state index in [-0.39, 0.29) is 5.41 Å². The van der Waals surface area contributed by atoms with Crippen molar-refractivity contribution in [3.8, 4) is 11.1 Å². The highest BCUT2D eigenvalue weighted by atomic mass is 14.5. The topological polar surface area (TPSA) is 26.0 Å². The maximum Gasteiger partial charge on any atom is 0.0317 e. The zero-order valence-corrected chi connectivity index (χ0v) is 15.1. The minimum Gasteiger partial charge on any atom is -0.399 e. The van der Waals surface area contributed by atoms with E-state index in [1.165, 1.54) is 43.5 Å². The summed E-state index contributed by atoms with van der Waals surface area (Å²) in [6, 6.07) is 15.5. The largest absolute Gasteiger partial charge is 0.399 e. The Balaban J connectivity index is 2.11. The number of rotatable bonds is 1. The molecule has 0 aliphatic heterocycles. The number of anilines is 1. The van der Waals surface area contributed by atoms with Crippen molar-refractivity contribution in [3.63, 3.8) is 0 Å². The van der Waals surface area contributed by atoms with Crippen LogP contribution in [0.25, 0.3) is 34.1 Å². The quantitative estimate of drug-likeness (QED) is 0.655. The lowest BCUT2D eigenvalue weighted by molar-refractivity contribution is 0.661. The summed E-state index contributed by atoms with van der Waals surface area (Å²) in [7, 11) is 0. The van der Waals surface area contributed by atoms with E-state index >= 15 is 0 Å². The fraction of sp³-hybridized carbons (Fsp3) is 0.167. The second-order valence-electron chi connectivity index (χ2n) is 7.35. The van der Waals surface area contributed by atoms with Gasteiger partial charge in [-0.25, -0.2) is 0 Å². The molecule has 3 aromatic rings. The standard InChI is InChI=1S/C24H23N/c1-5-7-16-11-18-13-22-21(12-17(18)10-15(16)6-2)20-9-8-19(25)14-23(20)24(22,3)4/h5-14H,1,25H2,2-4H3/b15-6-,16-7-. The van der Waals surface area contributed by atoms with Gasteiger partial charge in [-0.2, -0.15) is 0 Å². The number of benzene rings is 3. The summed E-state index contributed by atoms with van der Waals surface area (Å²) in [6.07, 6.45) is 6.08. The van der Waals surface area contributed by atoms with Crippen LogP contribution in [-0.2, 0) is 5.41 Å². The predicted molar refractivity (Wildman–Crippen MR) is 110 cm³/mol. The first-order valence-corrected chi connectivity index (χ1v) is 8.73. The Labute approximate surface area is 148 Å². The fourth-order valence-corrected chi connectivity index (χ4v) is 4.11. The summed E-state index contributed by atoms with van der Waals surface area (Å²) in [5, 5.41) is 4.99. The number of nitrogen functional groups attached to an aromatic ring is 1. The van der Waals surface area contributed by atoms with Gasteiger partial charge in [0.2, 0.25) is 0 Å². The lowest BCUT2D eigenvalue weighted by Gasteiger charge is -2.22. The first-order valence-electron chi connectivity index (χ1n) is 8.73. The average molecular weight is 325 g/mol. The molecule has 0 spiro atoms. The average Bonchev–Trinajstić information content (AvgIpc) is 2.80. The van der Waals surface area contributed by atoms with E-state index in [2.05, 4.69) is 75.9 Å². The number of hydrogen-bond donors (Lipinski definition) is 1. The zero-order valence-electron chi connectivity index (χ0n) is 15.1. The highest BCUT2D eigenvalue weighted by Gasteiger charge is 2.35. The molecule has 1 aliphatic rings. The van der Waals surface area contributed by atoms with Crippen LogP contribution in [0.4, 0.5) is 5.69 Å². The minimum absolute atomic E-state index is 0.0356. The summed E-state index contributed by atoms with van der Waals surface area (Å²) in [4.78, 5) is 0. The van der Waals surface area contributed by atoms with Gasteiger partial charge in [0, 0.05) is 11.1 Å². The highest BCUT2D eigenvalue weighted by molar-refractivity contribution is 5.94. The molecule has 0 heterocycles. The van der Waals surface area contributed by atoms with Gasteiger partial charge in [0.15, 0.2) is 0 Å². The lowest BCUT2D eigenvalue weighted by atomic mass is 9.81. The predicted octanol–water partition coefficient (Wildman–Crippen LogP) is 4.50. The van der Waals surface area contributed by atoms with Gasteiger partial charge in [-0.15, -0.1) is 0 Å². The van der Waals surface area contributed by atoms with E-state index in [1.807, 2.05) is 12.1 Å². The van der Waals surface area contributed by atoms with Crippen molar-refractivity contribution >= 4 is 28.6 Å². The van der Waals surface area contributed by atoms with Crippen LogP contribution in [0.5, 0.6) is 0 Å². The molecule has 0 saturated heterocycles. The van der Waals surface area contributed by atoms with Gasteiger partial charge in [0.25, 0.3) is 0 Å². The molecule has 1 nitrogen and oxygen atoms in total. The van der Waals surface area contributed by atoms with Gasteiger partial charge in [-0.3, -0.25) is 0 Å². The molecule has 1 aliphatic carbocycles. The van der Waals surface area contributed by atoms with Crippen LogP contribution in [0.1, 0.15) is 31.9 Å². The Morgan fingerprint density at radius 2 is 1.56 bits per heavy atom. The van der Waals surface area contributed by atoms with E-state index in [9.17, 15) is 0 Å². The third-order valence-corrected chi connectivity index (χ3v) is 5.47. The summed E-state index contributed by atoms with van der Waals surface area (Å²) < 4.78 is 0. The maximum absolute atomic E-state index is 6.06. The lowest BCUT2D eigenvalue weighted by Crippen LogP contribution is -2.23. The summed E-state index contributed by atoms with van der Waals surface area (Å²) >= 11 is 0. The fourth-order valence-electron chi connectivity index (χ4n) is 4.11. The second kappa shape index (κ2) is 5.35. The van der Waals surface area contributed by atoms with Crippen molar-refractivity contribution in [1.29, 1.82) is 0 Å².